The molecule has 0 radical (unpaired) electrons. The molecule has 3 aromatic carbocycles. The Bertz CT molecular complexity index is 1150. The van der Waals surface area contributed by atoms with Crippen LogP contribution in [0.15, 0.2) is 54.6 Å². The zero-order valence-electron chi connectivity index (χ0n) is 14.3. The summed E-state index contributed by atoms with van der Waals surface area (Å²) in [4.78, 5) is 17.3. The average molecular weight is 358 g/mol. The van der Waals surface area contributed by atoms with E-state index < -0.39 is 0 Å². The first-order valence-corrected chi connectivity index (χ1v) is 9.81. The van der Waals surface area contributed by atoms with Gasteiger partial charge in [-0.15, -0.1) is 0 Å². The second-order valence-electron chi connectivity index (χ2n) is 6.80. The molecule has 0 unspecified atom stereocenters. The standard InChI is InChI=1S/C22H18N2OS/c25-21(17-10-9-14-5-1-2-7-16(14)13-17)24-22-23-19-12-11-15-6-3-4-8-18(15)20(19)26-22/h3-4,6,8-13H,1-2,5,7H2,(H,23,24,25). The van der Waals surface area contributed by atoms with Crippen molar-refractivity contribution in [2.45, 2.75) is 25.7 Å². The van der Waals surface area contributed by atoms with Crippen LogP contribution in [0.2, 0.25) is 0 Å². The molecule has 3 nitrogen and oxygen atoms in total. The minimum Gasteiger partial charge on any atom is -0.298 e. The first-order valence-electron chi connectivity index (χ1n) is 8.99. The number of aryl methyl sites for hydroxylation is 2. The van der Waals surface area contributed by atoms with Crippen molar-refractivity contribution >= 4 is 43.4 Å². The molecule has 1 amide bonds. The van der Waals surface area contributed by atoms with E-state index in [1.54, 1.807) is 0 Å². The molecule has 128 valence electrons. The van der Waals surface area contributed by atoms with Gasteiger partial charge < -0.3 is 0 Å². The van der Waals surface area contributed by atoms with E-state index in [1.807, 2.05) is 30.3 Å². The van der Waals surface area contributed by atoms with Gasteiger partial charge in [0.25, 0.3) is 5.91 Å². The van der Waals surface area contributed by atoms with Crippen LogP contribution in [0, 0.1) is 0 Å². The number of nitrogens with one attached hydrogen (secondary N) is 1. The lowest BCUT2D eigenvalue weighted by Crippen LogP contribution is -2.13. The van der Waals surface area contributed by atoms with Crippen molar-refractivity contribution in [3.05, 3.63) is 71.3 Å². The molecule has 26 heavy (non-hydrogen) atoms. The Morgan fingerprint density at radius 1 is 0.962 bits per heavy atom. The van der Waals surface area contributed by atoms with Crippen molar-refractivity contribution in [1.82, 2.24) is 4.98 Å². The summed E-state index contributed by atoms with van der Waals surface area (Å²) in [6, 6.07) is 18.4. The molecule has 1 aromatic heterocycles. The highest BCUT2D eigenvalue weighted by Crippen LogP contribution is 2.33. The maximum absolute atomic E-state index is 12.7. The first kappa shape index (κ1) is 15.5. The van der Waals surface area contributed by atoms with Gasteiger partial charge in [-0.25, -0.2) is 4.98 Å². The largest absolute Gasteiger partial charge is 0.298 e. The van der Waals surface area contributed by atoms with Crippen LogP contribution in [-0.4, -0.2) is 10.9 Å². The maximum Gasteiger partial charge on any atom is 0.257 e. The zero-order valence-corrected chi connectivity index (χ0v) is 15.1. The highest BCUT2D eigenvalue weighted by atomic mass is 32.1. The van der Waals surface area contributed by atoms with E-state index >= 15 is 0 Å². The van der Waals surface area contributed by atoms with E-state index in [2.05, 4.69) is 34.6 Å². The lowest BCUT2D eigenvalue weighted by molar-refractivity contribution is 0.102. The maximum atomic E-state index is 12.7. The highest BCUT2D eigenvalue weighted by Gasteiger charge is 2.15. The average Bonchev–Trinajstić information content (AvgIpc) is 3.10. The fraction of sp³-hybridized carbons (Fsp3) is 0.182. The van der Waals surface area contributed by atoms with E-state index in [4.69, 9.17) is 0 Å². The number of anilines is 1. The lowest BCUT2D eigenvalue weighted by atomic mass is 9.90. The molecule has 0 fully saturated rings. The third kappa shape index (κ3) is 2.67. The normalized spacial score (nSPS) is 13.7. The van der Waals surface area contributed by atoms with Crippen LogP contribution in [0.4, 0.5) is 5.13 Å². The van der Waals surface area contributed by atoms with Crippen molar-refractivity contribution in [2.24, 2.45) is 0 Å². The molecule has 0 saturated carbocycles. The summed E-state index contributed by atoms with van der Waals surface area (Å²) < 4.78 is 1.11. The summed E-state index contributed by atoms with van der Waals surface area (Å²) in [5.41, 5.74) is 4.35. The quantitative estimate of drug-likeness (QED) is 0.508. The van der Waals surface area contributed by atoms with Crippen LogP contribution < -0.4 is 5.32 Å². The van der Waals surface area contributed by atoms with Crippen LogP contribution in [0.3, 0.4) is 0 Å². The Balaban J connectivity index is 1.47. The number of rotatable bonds is 2. The van der Waals surface area contributed by atoms with Gasteiger partial charge in [0, 0.05) is 10.9 Å². The number of hydrogen-bond acceptors (Lipinski definition) is 3. The van der Waals surface area contributed by atoms with Crippen molar-refractivity contribution in [2.75, 3.05) is 5.32 Å². The van der Waals surface area contributed by atoms with E-state index in [0.717, 1.165) is 28.6 Å². The number of benzene rings is 3. The number of amides is 1. The van der Waals surface area contributed by atoms with Gasteiger partial charge in [-0.05, 0) is 60.4 Å². The molecule has 4 heteroatoms. The molecular weight excluding hydrogens is 340 g/mol. The van der Waals surface area contributed by atoms with E-state index in [9.17, 15) is 4.79 Å². The number of nitrogens with zero attached hydrogens (tertiary/aromatic N) is 1. The van der Waals surface area contributed by atoms with Crippen LogP contribution in [-0.2, 0) is 12.8 Å². The minimum absolute atomic E-state index is 0.0817. The fourth-order valence-electron chi connectivity index (χ4n) is 3.75. The van der Waals surface area contributed by atoms with Crippen molar-refractivity contribution in [1.29, 1.82) is 0 Å². The van der Waals surface area contributed by atoms with Crippen LogP contribution in [0.5, 0.6) is 0 Å². The molecule has 4 aromatic rings. The second kappa shape index (κ2) is 6.22. The predicted octanol–water partition coefficient (Wildman–Crippen LogP) is 5.58. The summed E-state index contributed by atoms with van der Waals surface area (Å²) in [6.45, 7) is 0. The van der Waals surface area contributed by atoms with Gasteiger partial charge in [0.05, 0.1) is 10.2 Å². The molecule has 0 saturated heterocycles. The Labute approximate surface area is 155 Å². The Hall–Kier alpha value is -2.72. The molecule has 0 bridgehead atoms. The van der Waals surface area contributed by atoms with E-state index in [1.165, 1.54) is 46.1 Å². The Kier molecular flexibility index (Phi) is 3.71. The van der Waals surface area contributed by atoms with Crippen molar-refractivity contribution in [3.63, 3.8) is 0 Å². The predicted molar refractivity (Wildman–Crippen MR) is 108 cm³/mol. The molecular formula is C22H18N2OS. The van der Waals surface area contributed by atoms with Crippen molar-refractivity contribution < 1.29 is 4.79 Å². The summed E-state index contributed by atoms with van der Waals surface area (Å²) in [6.07, 6.45) is 4.66. The molecule has 1 heterocycles. The SMILES string of the molecule is O=C(Nc1nc2ccc3ccccc3c2s1)c1ccc2c(c1)CCCC2. The molecule has 0 atom stereocenters. The number of aromatic nitrogens is 1. The molecule has 1 aliphatic carbocycles. The first-order chi connectivity index (χ1) is 12.8. The van der Waals surface area contributed by atoms with Crippen molar-refractivity contribution in [3.8, 4) is 0 Å². The smallest absolute Gasteiger partial charge is 0.257 e. The molecule has 0 aliphatic heterocycles. The van der Waals surface area contributed by atoms with Crippen LogP contribution >= 0.6 is 11.3 Å². The Morgan fingerprint density at radius 2 is 1.81 bits per heavy atom. The molecule has 0 spiro atoms. The number of fused-ring (bicyclic) bond motifs is 4. The zero-order chi connectivity index (χ0) is 17.5. The fourth-order valence-corrected chi connectivity index (χ4v) is 4.75. The van der Waals surface area contributed by atoms with Gasteiger partial charge in [-0.3, -0.25) is 10.1 Å². The van der Waals surface area contributed by atoms with E-state index in [-0.39, 0.29) is 5.91 Å². The molecule has 5 rings (SSSR count). The summed E-state index contributed by atoms with van der Waals surface area (Å²) in [5.74, 6) is -0.0817. The van der Waals surface area contributed by atoms with Gasteiger partial charge in [-0.2, -0.15) is 0 Å². The monoisotopic (exact) mass is 358 g/mol. The number of thiazole rings is 1. The van der Waals surface area contributed by atoms with Gasteiger partial charge in [0.2, 0.25) is 0 Å². The number of hydrogen-bond donors (Lipinski definition) is 1. The van der Waals surface area contributed by atoms with Gasteiger partial charge in [0.15, 0.2) is 5.13 Å². The highest BCUT2D eigenvalue weighted by molar-refractivity contribution is 7.23. The minimum atomic E-state index is -0.0817. The third-order valence-electron chi connectivity index (χ3n) is 5.11. The van der Waals surface area contributed by atoms with Gasteiger partial charge >= 0.3 is 0 Å². The molecule has 1 aliphatic rings. The lowest BCUT2D eigenvalue weighted by Gasteiger charge is -2.16. The van der Waals surface area contributed by atoms with Gasteiger partial charge in [0.1, 0.15) is 0 Å². The summed E-state index contributed by atoms with van der Waals surface area (Å²) >= 11 is 1.54. The summed E-state index contributed by atoms with van der Waals surface area (Å²) in [5, 5.41) is 6.01. The topological polar surface area (TPSA) is 42.0 Å². The van der Waals surface area contributed by atoms with Crippen LogP contribution in [0.25, 0.3) is 21.0 Å². The van der Waals surface area contributed by atoms with E-state index in [0.29, 0.717) is 5.13 Å². The van der Waals surface area contributed by atoms with Gasteiger partial charge in [-0.1, -0.05) is 47.7 Å². The molecule has 1 N–H and O–H groups in total. The number of carbonyl (C=O) groups is 1. The van der Waals surface area contributed by atoms with Crippen LogP contribution in [0.1, 0.15) is 34.3 Å². The summed E-state index contributed by atoms with van der Waals surface area (Å²) in [7, 11) is 0. The third-order valence-corrected chi connectivity index (χ3v) is 6.13. The Morgan fingerprint density at radius 3 is 2.73 bits per heavy atom. The number of carbonyl (C=O) groups excluding carboxylic acids is 1. The second-order valence-corrected chi connectivity index (χ2v) is 7.80.